The van der Waals surface area contributed by atoms with Crippen molar-refractivity contribution in [1.29, 1.82) is 0 Å². The van der Waals surface area contributed by atoms with Crippen LogP contribution in [-0.4, -0.2) is 22.9 Å². The van der Waals surface area contributed by atoms with E-state index in [4.69, 9.17) is 0 Å². The van der Waals surface area contributed by atoms with E-state index in [1.54, 1.807) is 13.1 Å². The lowest BCUT2D eigenvalue weighted by Crippen LogP contribution is -2.32. The van der Waals surface area contributed by atoms with Crippen molar-refractivity contribution >= 4 is 28.7 Å². The second kappa shape index (κ2) is 6.92. The highest BCUT2D eigenvalue weighted by Crippen LogP contribution is 2.32. The largest absolute Gasteiger partial charge is 0.341 e. The summed E-state index contributed by atoms with van der Waals surface area (Å²) in [5.74, 6) is -0.323. The van der Waals surface area contributed by atoms with E-state index in [-0.39, 0.29) is 18.4 Å². The molecule has 24 heavy (non-hydrogen) atoms. The number of fused-ring (bicyclic) bond motifs is 1. The molecule has 0 atom stereocenters. The molecule has 0 spiro atoms. The summed E-state index contributed by atoms with van der Waals surface area (Å²) < 4.78 is 15.4. The number of nitrogens with zero attached hydrogens (tertiary/aromatic N) is 2. The molecule has 2 N–H and O–H groups in total. The number of aryl methyl sites for hydroxylation is 1. The smallest absolute Gasteiger partial charge is 0.314 e. The summed E-state index contributed by atoms with van der Waals surface area (Å²) in [5, 5.41) is 10.5. The van der Waals surface area contributed by atoms with E-state index in [0.717, 1.165) is 26.3 Å². The Labute approximate surface area is 143 Å². The lowest BCUT2D eigenvalue weighted by molar-refractivity contribution is 0.242. The standard InChI is InChI=1S/C17H17FN4OS/c1-19-17(23)20-9-12-7-13(18)3-6-16(12)24-14-4-5-15-11(8-14)10-21-22(15)2/h3-8,10H,9H2,1-2H3,(H2,19,20,23). The summed E-state index contributed by atoms with van der Waals surface area (Å²) in [6, 6.07) is 10.4. The number of carbonyl (C=O) groups is 1. The van der Waals surface area contributed by atoms with Gasteiger partial charge >= 0.3 is 6.03 Å². The number of hydrogen-bond acceptors (Lipinski definition) is 3. The third-order valence-corrected chi connectivity index (χ3v) is 4.74. The first-order valence-electron chi connectivity index (χ1n) is 7.40. The fourth-order valence-electron chi connectivity index (χ4n) is 2.38. The van der Waals surface area contributed by atoms with Gasteiger partial charge < -0.3 is 10.6 Å². The Kier molecular flexibility index (Phi) is 4.71. The van der Waals surface area contributed by atoms with Gasteiger partial charge in [0.25, 0.3) is 0 Å². The van der Waals surface area contributed by atoms with Crippen LogP contribution in [0.5, 0.6) is 0 Å². The minimum absolute atomic E-state index is 0.259. The predicted molar refractivity (Wildman–Crippen MR) is 92.5 cm³/mol. The molecule has 0 saturated heterocycles. The maximum atomic E-state index is 13.6. The molecule has 3 rings (SSSR count). The molecule has 5 nitrogen and oxygen atoms in total. The van der Waals surface area contributed by atoms with Gasteiger partial charge in [0.15, 0.2) is 0 Å². The van der Waals surface area contributed by atoms with Crippen LogP contribution in [0, 0.1) is 5.82 Å². The minimum Gasteiger partial charge on any atom is -0.341 e. The third kappa shape index (κ3) is 3.51. The Bertz CT molecular complexity index is 893. The first-order chi connectivity index (χ1) is 11.6. The van der Waals surface area contributed by atoms with Crippen molar-refractivity contribution < 1.29 is 9.18 Å². The van der Waals surface area contributed by atoms with Gasteiger partial charge in [0.2, 0.25) is 0 Å². The highest BCUT2D eigenvalue weighted by Gasteiger charge is 2.09. The average Bonchev–Trinajstić information content (AvgIpc) is 2.95. The van der Waals surface area contributed by atoms with Crippen LogP contribution in [0.15, 0.2) is 52.4 Å². The second-order valence-corrected chi connectivity index (χ2v) is 6.39. The van der Waals surface area contributed by atoms with Gasteiger partial charge in [0.1, 0.15) is 5.82 Å². The number of rotatable bonds is 4. The molecule has 0 aliphatic carbocycles. The number of amides is 2. The molecule has 0 fully saturated rings. The average molecular weight is 344 g/mol. The Morgan fingerprint density at radius 1 is 1.29 bits per heavy atom. The number of benzene rings is 2. The highest BCUT2D eigenvalue weighted by atomic mass is 32.2. The van der Waals surface area contributed by atoms with Crippen LogP contribution in [0.4, 0.5) is 9.18 Å². The van der Waals surface area contributed by atoms with Crippen molar-refractivity contribution in [3.63, 3.8) is 0 Å². The van der Waals surface area contributed by atoms with Gasteiger partial charge in [-0.05, 0) is 42.0 Å². The van der Waals surface area contributed by atoms with Gasteiger partial charge in [-0.1, -0.05) is 11.8 Å². The minimum atomic E-state index is -0.323. The van der Waals surface area contributed by atoms with Gasteiger partial charge in [0.05, 0.1) is 11.7 Å². The van der Waals surface area contributed by atoms with E-state index in [9.17, 15) is 9.18 Å². The zero-order valence-corrected chi connectivity index (χ0v) is 14.2. The van der Waals surface area contributed by atoms with E-state index >= 15 is 0 Å². The van der Waals surface area contributed by atoms with E-state index < -0.39 is 0 Å². The molecule has 2 amide bonds. The fraction of sp³-hybridized carbons (Fsp3) is 0.176. The van der Waals surface area contributed by atoms with Gasteiger partial charge in [-0.25, -0.2) is 9.18 Å². The number of urea groups is 1. The summed E-state index contributed by atoms with van der Waals surface area (Å²) in [7, 11) is 3.44. The normalized spacial score (nSPS) is 10.8. The first kappa shape index (κ1) is 16.3. The maximum absolute atomic E-state index is 13.6. The van der Waals surface area contributed by atoms with Crippen LogP contribution in [0.3, 0.4) is 0 Å². The summed E-state index contributed by atoms with van der Waals surface area (Å²) in [6.07, 6.45) is 1.82. The number of hydrogen-bond donors (Lipinski definition) is 2. The van der Waals surface area contributed by atoms with E-state index in [2.05, 4.69) is 15.7 Å². The molecular weight excluding hydrogens is 327 g/mol. The van der Waals surface area contributed by atoms with Crippen molar-refractivity contribution in [2.24, 2.45) is 7.05 Å². The highest BCUT2D eigenvalue weighted by molar-refractivity contribution is 7.99. The zero-order valence-electron chi connectivity index (χ0n) is 13.3. The monoisotopic (exact) mass is 344 g/mol. The summed E-state index contributed by atoms with van der Waals surface area (Å²) in [6.45, 7) is 0.259. The molecule has 0 bridgehead atoms. The van der Waals surface area contributed by atoms with Crippen LogP contribution < -0.4 is 10.6 Å². The molecule has 1 aromatic heterocycles. The van der Waals surface area contributed by atoms with Crippen LogP contribution in [-0.2, 0) is 13.6 Å². The molecule has 0 aliphatic heterocycles. The van der Waals surface area contributed by atoms with E-state index in [1.165, 1.54) is 23.9 Å². The lowest BCUT2D eigenvalue weighted by atomic mass is 10.2. The molecule has 0 saturated carbocycles. The van der Waals surface area contributed by atoms with Crippen molar-refractivity contribution in [3.8, 4) is 0 Å². The summed E-state index contributed by atoms with van der Waals surface area (Å²) in [4.78, 5) is 13.3. The van der Waals surface area contributed by atoms with Gasteiger partial charge in [-0.3, -0.25) is 4.68 Å². The SMILES string of the molecule is CNC(=O)NCc1cc(F)ccc1Sc1ccc2c(cnn2C)c1. The Morgan fingerprint density at radius 2 is 2.12 bits per heavy atom. The van der Waals surface area contributed by atoms with Crippen molar-refractivity contribution in [2.75, 3.05) is 7.05 Å². The van der Waals surface area contributed by atoms with Crippen LogP contribution >= 0.6 is 11.8 Å². The Morgan fingerprint density at radius 3 is 2.92 bits per heavy atom. The first-order valence-corrected chi connectivity index (χ1v) is 8.22. The molecule has 7 heteroatoms. The molecule has 3 aromatic rings. The summed E-state index contributed by atoms with van der Waals surface area (Å²) >= 11 is 1.53. The molecular formula is C17H17FN4OS. The molecule has 124 valence electrons. The van der Waals surface area contributed by atoms with Crippen molar-refractivity contribution in [1.82, 2.24) is 20.4 Å². The van der Waals surface area contributed by atoms with Gasteiger partial charge in [0, 0.05) is 35.8 Å². The Hall–Kier alpha value is -2.54. The maximum Gasteiger partial charge on any atom is 0.314 e. The number of carbonyl (C=O) groups excluding carboxylic acids is 1. The van der Waals surface area contributed by atoms with Gasteiger partial charge in [-0.15, -0.1) is 0 Å². The zero-order chi connectivity index (χ0) is 17.1. The molecule has 0 unspecified atom stereocenters. The van der Waals surface area contributed by atoms with Crippen LogP contribution in [0.25, 0.3) is 10.9 Å². The lowest BCUT2D eigenvalue weighted by Gasteiger charge is -2.11. The van der Waals surface area contributed by atoms with Gasteiger partial charge in [-0.2, -0.15) is 5.10 Å². The number of halogens is 1. The molecule has 0 aliphatic rings. The van der Waals surface area contributed by atoms with E-state index in [0.29, 0.717) is 0 Å². The van der Waals surface area contributed by atoms with Crippen LogP contribution in [0.2, 0.25) is 0 Å². The molecule has 0 radical (unpaired) electrons. The van der Waals surface area contributed by atoms with Crippen molar-refractivity contribution in [3.05, 3.63) is 54.0 Å². The summed E-state index contributed by atoms with van der Waals surface area (Å²) in [5.41, 5.74) is 1.79. The molecule has 1 heterocycles. The predicted octanol–water partition coefficient (Wildman–Crippen LogP) is 3.29. The molecule has 2 aromatic carbocycles. The quantitative estimate of drug-likeness (QED) is 0.763. The van der Waals surface area contributed by atoms with Crippen LogP contribution in [0.1, 0.15) is 5.56 Å². The second-order valence-electron chi connectivity index (χ2n) is 5.28. The van der Waals surface area contributed by atoms with Crippen molar-refractivity contribution in [2.45, 2.75) is 16.3 Å². The topological polar surface area (TPSA) is 59.0 Å². The Balaban J connectivity index is 1.86. The van der Waals surface area contributed by atoms with E-state index in [1.807, 2.05) is 36.1 Å². The number of nitrogens with one attached hydrogen (secondary N) is 2. The fourth-order valence-corrected chi connectivity index (χ4v) is 3.36. The third-order valence-electron chi connectivity index (χ3n) is 3.63. The number of aromatic nitrogens is 2.